The van der Waals surface area contributed by atoms with Crippen molar-refractivity contribution in [1.82, 2.24) is 14.9 Å². The Balaban J connectivity index is 1.35. The highest BCUT2D eigenvalue weighted by Crippen LogP contribution is 2.27. The van der Waals surface area contributed by atoms with Crippen molar-refractivity contribution in [1.29, 1.82) is 5.26 Å². The first kappa shape index (κ1) is 20.3. The molecule has 0 aliphatic carbocycles. The molecule has 0 unspecified atom stereocenters. The topological polar surface area (TPSA) is 107 Å². The second-order valence-corrected chi connectivity index (χ2v) is 9.84. The van der Waals surface area contributed by atoms with Crippen LogP contribution in [0.3, 0.4) is 0 Å². The van der Waals surface area contributed by atoms with Crippen LogP contribution in [0.25, 0.3) is 10.2 Å². The molecule has 8 nitrogen and oxygen atoms in total. The van der Waals surface area contributed by atoms with Crippen LogP contribution in [0.1, 0.15) is 12.0 Å². The molecule has 1 amide bonds. The number of sulfone groups is 1. The van der Waals surface area contributed by atoms with Crippen LogP contribution in [0.2, 0.25) is 0 Å². The Hall–Kier alpha value is -3.03. The van der Waals surface area contributed by atoms with Crippen molar-refractivity contribution in [3.05, 3.63) is 47.6 Å². The van der Waals surface area contributed by atoms with Gasteiger partial charge >= 0.3 is 0 Å². The van der Waals surface area contributed by atoms with Crippen LogP contribution in [0, 0.1) is 11.3 Å². The lowest BCUT2D eigenvalue weighted by atomic mass is 10.2. The molecule has 4 rings (SSSR count). The van der Waals surface area contributed by atoms with E-state index in [-0.39, 0.29) is 23.0 Å². The largest absolute Gasteiger partial charge is 0.353 e. The van der Waals surface area contributed by atoms with Gasteiger partial charge in [-0.05, 0) is 24.3 Å². The zero-order chi connectivity index (χ0) is 21.1. The Morgan fingerprint density at radius 1 is 1.13 bits per heavy atom. The highest BCUT2D eigenvalue weighted by atomic mass is 32.2. The van der Waals surface area contributed by atoms with E-state index < -0.39 is 9.84 Å². The van der Waals surface area contributed by atoms with E-state index in [2.05, 4.69) is 9.97 Å². The van der Waals surface area contributed by atoms with Crippen LogP contribution in [0.5, 0.6) is 0 Å². The molecule has 0 radical (unpaired) electrons. The Labute approximate surface area is 178 Å². The Bertz CT molecular complexity index is 1210. The van der Waals surface area contributed by atoms with Gasteiger partial charge in [0.2, 0.25) is 5.91 Å². The zero-order valence-electron chi connectivity index (χ0n) is 16.1. The maximum absolute atomic E-state index is 12.8. The number of amides is 1. The number of fused-ring (bicyclic) bond motifs is 1. The van der Waals surface area contributed by atoms with E-state index >= 15 is 0 Å². The average molecular weight is 442 g/mol. The smallest absolute Gasteiger partial charge is 0.223 e. The molecule has 1 aliphatic rings. The number of aromatic nitrogens is 2. The lowest BCUT2D eigenvalue weighted by Crippen LogP contribution is -2.49. The fourth-order valence-electron chi connectivity index (χ4n) is 3.42. The summed E-state index contributed by atoms with van der Waals surface area (Å²) in [4.78, 5) is 25.0. The van der Waals surface area contributed by atoms with Crippen molar-refractivity contribution in [2.24, 2.45) is 0 Å². The molecule has 30 heavy (non-hydrogen) atoms. The van der Waals surface area contributed by atoms with Crippen molar-refractivity contribution in [2.45, 2.75) is 11.3 Å². The minimum absolute atomic E-state index is 0.0490. The number of hydrogen-bond donors (Lipinski definition) is 0. The third-order valence-electron chi connectivity index (χ3n) is 5.07. The van der Waals surface area contributed by atoms with Gasteiger partial charge in [0.25, 0.3) is 0 Å². The third-order valence-corrected chi connectivity index (χ3v) is 7.83. The standard InChI is InChI=1S/C20H19N5O3S2/c21-12-15-4-5-18(22-13-15)24-7-9-25(10-8-24)19(26)6-11-30(27,28)17-3-1-2-16-20(17)29-14-23-16/h1-5,13-14H,6-11H2. The minimum atomic E-state index is -3.57. The first-order valence-corrected chi connectivity index (χ1v) is 11.9. The molecule has 0 N–H and O–H groups in total. The number of benzene rings is 1. The number of anilines is 1. The Morgan fingerprint density at radius 3 is 2.63 bits per heavy atom. The fraction of sp³-hybridized carbons (Fsp3) is 0.300. The second kappa shape index (κ2) is 8.38. The fourth-order valence-corrected chi connectivity index (χ4v) is 5.98. The first-order chi connectivity index (χ1) is 14.5. The van der Waals surface area contributed by atoms with E-state index in [0.29, 0.717) is 42.0 Å². The number of carbonyl (C=O) groups is 1. The molecule has 1 saturated heterocycles. The molecule has 1 aliphatic heterocycles. The molecule has 2 aromatic heterocycles. The molecular weight excluding hydrogens is 422 g/mol. The van der Waals surface area contributed by atoms with E-state index in [4.69, 9.17) is 5.26 Å². The number of piperazine rings is 1. The number of thiazole rings is 1. The molecule has 0 saturated carbocycles. The maximum Gasteiger partial charge on any atom is 0.223 e. The summed E-state index contributed by atoms with van der Waals surface area (Å²) in [5, 5.41) is 8.86. The highest BCUT2D eigenvalue weighted by Gasteiger charge is 2.25. The van der Waals surface area contributed by atoms with Gasteiger partial charge in [0, 0.05) is 38.8 Å². The van der Waals surface area contributed by atoms with E-state index in [1.165, 1.54) is 17.5 Å². The molecular formula is C20H19N5O3S2. The molecule has 1 aromatic carbocycles. The van der Waals surface area contributed by atoms with Gasteiger partial charge in [0.1, 0.15) is 11.9 Å². The number of hydrogen-bond acceptors (Lipinski definition) is 8. The van der Waals surface area contributed by atoms with Crippen molar-refractivity contribution in [2.75, 3.05) is 36.8 Å². The molecule has 0 bridgehead atoms. The van der Waals surface area contributed by atoms with Gasteiger partial charge in [0.05, 0.1) is 31.9 Å². The normalized spacial score (nSPS) is 14.6. The van der Waals surface area contributed by atoms with Crippen LogP contribution in [-0.2, 0) is 14.6 Å². The number of pyridine rings is 1. The lowest BCUT2D eigenvalue weighted by Gasteiger charge is -2.35. The molecule has 0 spiro atoms. The molecule has 1 fully saturated rings. The number of carbonyl (C=O) groups excluding carboxylic acids is 1. The van der Waals surface area contributed by atoms with Crippen molar-refractivity contribution in [3.63, 3.8) is 0 Å². The highest BCUT2D eigenvalue weighted by molar-refractivity contribution is 7.91. The summed E-state index contributed by atoms with van der Waals surface area (Å²) in [6.07, 6.45) is 1.48. The predicted molar refractivity (Wildman–Crippen MR) is 114 cm³/mol. The summed E-state index contributed by atoms with van der Waals surface area (Å²) in [5.74, 6) is 0.379. The summed E-state index contributed by atoms with van der Waals surface area (Å²) in [6.45, 7) is 2.23. The predicted octanol–water partition coefficient (Wildman–Crippen LogP) is 2.08. The minimum Gasteiger partial charge on any atom is -0.353 e. The average Bonchev–Trinajstić information content (AvgIpc) is 3.26. The summed E-state index contributed by atoms with van der Waals surface area (Å²) in [5.41, 5.74) is 2.78. The van der Waals surface area contributed by atoms with E-state index in [1.54, 1.807) is 40.7 Å². The SMILES string of the molecule is N#Cc1ccc(N2CCN(C(=O)CCS(=O)(=O)c3cccc4ncsc34)CC2)nc1. The summed E-state index contributed by atoms with van der Waals surface area (Å²) < 4.78 is 26.2. The molecule has 10 heteroatoms. The van der Waals surface area contributed by atoms with Gasteiger partial charge in [-0.15, -0.1) is 11.3 Å². The maximum atomic E-state index is 12.8. The van der Waals surface area contributed by atoms with E-state index in [9.17, 15) is 13.2 Å². The molecule has 154 valence electrons. The molecule has 3 aromatic rings. The number of nitriles is 1. The van der Waals surface area contributed by atoms with Gasteiger partial charge < -0.3 is 9.80 Å². The van der Waals surface area contributed by atoms with Crippen molar-refractivity contribution >= 4 is 43.1 Å². The molecule has 0 atom stereocenters. The van der Waals surface area contributed by atoms with Gasteiger partial charge in [-0.25, -0.2) is 18.4 Å². The van der Waals surface area contributed by atoms with Crippen LogP contribution in [0.4, 0.5) is 5.82 Å². The Kier molecular flexibility index (Phi) is 5.65. The monoisotopic (exact) mass is 441 g/mol. The van der Waals surface area contributed by atoms with Gasteiger partial charge in [-0.3, -0.25) is 4.79 Å². The number of nitrogens with zero attached hydrogens (tertiary/aromatic N) is 5. The van der Waals surface area contributed by atoms with Crippen LogP contribution < -0.4 is 4.90 Å². The van der Waals surface area contributed by atoms with Gasteiger partial charge in [-0.2, -0.15) is 5.26 Å². The summed E-state index contributed by atoms with van der Waals surface area (Å²) >= 11 is 1.29. The van der Waals surface area contributed by atoms with Crippen LogP contribution >= 0.6 is 11.3 Å². The first-order valence-electron chi connectivity index (χ1n) is 9.42. The zero-order valence-corrected chi connectivity index (χ0v) is 17.7. The quantitative estimate of drug-likeness (QED) is 0.596. The van der Waals surface area contributed by atoms with Crippen molar-refractivity contribution < 1.29 is 13.2 Å². The van der Waals surface area contributed by atoms with Gasteiger partial charge in [0.15, 0.2) is 9.84 Å². The number of rotatable bonds is 5. The lowest BCUT2D eigenvalue weighted by molar-refractivity contribution is -0.131. The summed E-state index contributed by atoms with van der Waals surface area (Å²) in [7, 11) is -3.57. The van der Waals surface area contributed by atoms with E-state index in [0.717, 1.165) is 5.82 Å². The van der Waals surface area contributed by atoms with Crippen LogP contribution in [0.15, 0.2) is 46.9 Å². The summed E-state index contributed by atoms with van der Waals surface area (Å²) in [6, 6.07) is 10.6. The van der Waals surface area contributed by atoms with Gasteiger partial charge in [-0.1, -0.05) is 6.07 Å². The second-order valence-electron chi connectivity index (χ2n) is 6.91. The Morgan fingerprint density at radius 2 is 1.93 bits per heavy atom. The van der Waals surface area contributed by atoms with Crippen molar-refractivity contribution in [3.8, 4) is 6.07 Å². The van der Waals surface area contributed by atoms with Crippen LogP contribution in [-0.4, -0.2) is 61.1 Å². The molecule has 3 heterocycles. The third kappa shape index (κ3) is 4.13. The van der Waals surface area contributed by atoms with E-state index in [1.807, 2.05) is 11.0 Å².